The molecule has 3 saturated carbocycles. The second-order valence-electron chi connectivity index (χ2n) is 9.33. The molecule has 1 heteroatoms. The summed E-state index contributed by atoms with van der Waals surface area (Å²) in [5.41, 5.74) is 3.72. The first-order chi connectivity index (χ1) is 12.1. The molecular weight excluding hydrogens is 304 g/mol. The van der Waals surface area contributed by atoms with E-state index in [1.54, 1.807) is 11.1 Å². The van der Waals surface area contributed by atoms with Crippen molar-refractivity contribution < 1.29 is 5.11 Å². The molecule has 0 amide bonds. The molecular formula is C24H36O. The van der Waals surface area contributed by atoms with E-state index in [1.807, 2.05) is 13.8 Å². The monoisotopic (exact) mass is 340 g/mol. The van der Waals surface area contributed by atoms with Crippen molar-refractivity contribution in [3.63, 3.8) is 0 Å². The van der Waals surface area contributed by atoms with Gasteiger partial charge in [0, 0.05) is 0 Å². The molecule has 0 heterocycles. The number of aliphatic hydroxyl groups excluding tert-OH is 1. The maximum Gasteiger partial charge on any atom is 0.0652 e. The van der Waals surface area contributed by atoms with Crippen molar-refractivity contribution in [1.29, 1.82) is 0 Å². The fourth-order valence-corrected chi connectivity index (χ4v) is 7.40. The summed E-state index contributed by atoms with van der Waals surface area (Å²) in [4.78, 5) is 0. The summed E-state index contributed by atoms with van der Waals surface area (Å²) in [6.45, 7) is 6.44. The largest absolute Gasteiger partial charge is 0.392 e. The standard InChI is InChI=1S/C22H30O.C2H6/c1-21-13-10-17-16-7-3-2-6-15(16)8-9-18(17)19(21)14-22(20(21)23)11-4-5-12-22;1-2/h2-3,6-7,17-20,23H,4-5,8-14H2,1H3;1-2H3/t17-,18-,19+,20-,21+;/m0./s1. The van der Waals surface area contributed by atoms with Crippen molar-refractivity contribution in [3.05, 3.63) is 35.4 Å². The van der Waals surface area contributed by atoms with Gasteiger partial charge in [-0.3, -0.25) is 0 Å². The number of hydrogen-bond donors (Lipinski definition) is 1. The third kappa shape index (κ3) is 2.45. The van der Waals surface area contributed by atoms with E-state index in [2.05, 4.69) is 31.2 Å². The van der Waals surface area contributed by atoms with Crippen LogP contribution < -0.4 is 0 Å². The lowest BCUT2D eigenvalue weighted by Crippen LogP contribution is -2.45. The Balaban J connectivity index is 0.000000758. The van der Waals surface area contributed by atoms with E-state index in [0.717, 1.165) is 17.8 Å². The average molecular weight is 341 g/mol. The predicted molar refractivity (Wildman–Crippen MR) is 105 cm³/mol. The normalized spacial score (nSPS) is 40.6. The Kier molecular flexibility index (Phi) is 4.51. The van der Waals surface area contributed by atoms with Gasteiger partial charge in [-0.1, -0.05) is 57.9 Å². The van der Waals surface area contributed by atoms with Gasteiger partial charge in [-0.25, -0.2) is 0 Å². The molecule has 1 N–H and O–H groups in total. The summed E-state index contributed by atoms with van der Waals surface area (Å²) in [5, 5.41) is 11.3. The molecule has 5 atom stereocenters. The number of benzene rings is 1. The molecule has 4 aliphatic carbocycles. The van der Waals surface area contributed by atoms with Gasteiger partial charge in [-0.15, -0.1) is 0 Å². The third-order valence-electron chi connectivity index (χ3n) is 8.51. The molecule has 25 heavy (non-hydrogen) atoms. The first-order valence-electron chi connectivity index (χ1n) is 10.9. The Bertz CT molecular complexity index is 614. The van der Waals surface area contributed by atoms with E-state index in [9.17, 15) is 5.11 Å². The van der Waals surface area contributed by atoms with Gasteiger partial charge in [0.1, 0.15) is 0 Å². The van der Waals surface area contributed by atoms with Crippen molar-refractivity contribution >= 4 is 0 Å². The molecule has 3 fully saturated rings. The fourth-order valence-electron chi connectivity index (χ4n) is 7.40. The predicted octanol–water partition coefficient (Wildman–Crippen LogP) is 6.10. The van der Waals surface area contributed by atoms with E-state index in [0.29, 0.717) is 0 Å². The van der Waals surface area contributed by atoms with E-state index < -0.39 is 0 Å². The Morgan fingerprint density at radius 1 is 1.00 bits per heavy atom. The molecule has 0 aromatic heterocycles. The zero-order chi connectivity index (χ0) is 17.7. The molecule has 138 valence electrons. The van der Waals surface area contributed by atoms with Gasteiger partial charge < -0.3 is 5.11 Å². The first kappa shape index (κ1) is 17.6. The third-order valence-corrected chi connectivity index (χ3v) is 8.51. The summed E-state index contributed by atoms with van der Waals surface area (Å²) < 4.78 is 0. The number of fused-ring (bicyclic) bond motifs is 5. The highest BCUT2D eigenvalue weighted by Gasteiger charge is 2.63. The fraction of sp³-hybridized carbons (Fsp3) is 0.750. The van der Waals surface area contributed by atoms with Crippen LogP contribution in [0.4, 0.5) is 0 Å². The van der Waals surface area contributed by atoms with Gasteiger partial charge in [0.05, 0.1) is 6.10 Å². The number of aryl methyl sites for hydroxylation is 1. The molecule has 0 aliphatic heterocycles. The van der Waals surface area contributed by atoms with Crippen LogP contribution in [0, 0.1) is 22.7 Å². The van der Waals surface area contributed by atoms with Gasteiger partial charge in [0.25, 0.3) is 0 Å². The number of hydrogen-bond acceptors (Lipinski definition) is 1. The minimum absolute atomic E-state index is 0.0411. The van der Waals surface area contributed by atoms with Crippen LogP contribution in [0.2, 0.25) is 0 Å². The van der Waals surface area contributed by atoms with Crippen LogP contribution in [0.15, 0.2) is 24.3 Å². The summed E-state index contributed by atoms with van der Waals surface area (Å²) in [6, 6.07) is 9.18. The number of rotatable bonds is 0. The van der Waals surface area contributed by atoms with Crippen molar-refractivity contribution in [1.82, 2.24) is 0 Å². The summed E-state index contributed by atoms with van der Waals surface area (Å²) in [7, 11) is 0. The van der Waals surface area contributed by atoms with Crippen LogP contribution in [0.1, 0.15) is 89.2 Å². The van der Waals surface area contributed by atoms with E-state index in [4.69, 9.17) is 0 Å². The number of aliphatic hydroxyl groups is 1. The van der Waals surface area contributed by atoms with Crippen LogP contribution in [0.3, 0.4) is 0 Å². The molecule has 1 nitrogen and oxygen atoms in total. The van der Waals surface area contributed by atoms with E-state index in [-0.39, 0.29) is 16.9 Å². The highest BCUT2D eigenvalue weighted by atomic mass is 16.3. The van der Waals surface area contributed by atoms with Crippen LogP contribution in [-0.4, -0.2) is 11.2 Å². The van der Waals surface area contributed by atoms with Crippen LogP contribution in [-0.2, 0) is 6.42 Å². The van der Waals surface area contributed by atoms with Gasteiger partial charge in [-0.2, -0.15) is 0 Å². The molecule has 0 saturated heterocycles. The highest BCUT2D eigenvalue weighted by molar-refractivity contribution is 5.35. The Morgan fingerprint density at radius 3 is 2.48 bits per heavy atom. The maximum atomic E-state index is 11.3. The Hall–Kier alpha value is -0.820. The molecule has 0 bridgehead atoms. The molecule has 1 aromatic carbocycles. The average Bonchev–Trinajstić information content (AvgIpc) is 3.22. The highest BCUT2D eigenvalue weighted by Crippen LogP contribution is 2.68. The SMILES string of the molecule is CC.C[C@@]12CC[C@H]3c4ccccc4CC[C@@H]3[C@H]1CC1(CCCC1)[C@H]2O. The van der Waals surface area contributed by atoms with Crippen molar-refractivity contribution in [2.75, 3.05) is 0 Å². The Labute approximate surface area is 154 Å². The van der Waals surface area contributed by atoms with Crippen molar-refractivity contribution in [2.45, 2.75) is 90.6 Å². The zero-order valence-electron chi connectivity index (χ0n) is 16.4. The van der Waals surface area contributed by atoms with Crippen molar-refractivity contribution in [3.8, 4) is 0 Å². The molecule has 4 aliphatic rings. The molecule has 1 spiro atoms. The summed E-state index contributed by atoms with van der Waals surface area (Å²) >= 11 is 0. The minimum atomic E-state index is -0.0411. The molecule has 0 radical (unpaired) electrons. The lowest BCUT2D eigenvalue weighted by molar-refractivity contribution is -0.0530. The van der Waals surface area contributed by atoms with Gasteiger partial charge in [0.15, 0.2) is 0 Å². The summed E-state index contributed by atoms with van der Waals surface area (Å²) in [5.74, 6) is 2.34. The zero-order valence-corrected chi connectivity index (χ0v) is 16.4. The van der Waals surface area contributed by atoms with Gasteiger partial charge >= 0.3 is 0 Å². The minimum Gasteiger partial charge on any atom is -0.392 e. The lowest BCUT2D eigenvalue weighted by Gasteiger charge is -2.50. The van der Waals surface area contributed by atoms with Crippen LogP contribution in [0.5, 0.6) is 0 Å². The van der Waals surface area contributed by atoms with E-state index in [1.165, 1.54) is 57.8 Å². The quantitative estimate of drug-likeness (QED) is 0.605. The molecule has 1 aromatic rings. The van der Waals surface area contributed by atoms with Crippen LogP contribution in [0.25, 0.3) is 0 Å². The summed E-state index contributed by atoms with van der Waals surface area (Å²) in [6.07, 6.45) is 11.7. The molecule has 0 unspecified atom stereocenters. The van der Waals surface area contributed by atoms with E-state index >= 15 is 0 Å². The van der Waals surface area contributed by atoms with Crippen molar-refractivity contribution in [2.24, 2.45) is 22.7 Å². The Morgan fingerprint density at radius 2 is 1.72 bits per heavy atom. The lowest BCUT2D eigenvalue weighted by atomic mass is 9.55. The maximum absolute atomic E-state index is 11.3. The van der Waals surface area contributed by atoms with Gasteiger partial charge in [-0.05, 0) is 84.7 Å². The topological polar surface area (TPSA) is 20.2 Å². The smallest absolute Gasteiger partial charge is 0.0652 e. The first-order valence-corrected chi connectivity index (χ1v) is 10.9. The van der Waals surface area contributed by atoms with Gasteiger partial charge in [0.2, 0.25) is 0 Å². The van der Waals surface area contributed by atoms with Crippen LogP contribution >= 0.6 is 0 Å². The molecule has 5 rings (SSSR count). The second-order valence-corrected chi connectivity index (χ2v) is 9.33. The second kappa shape index (κ2) is 6.41.